The Hall–Kier alpha value is -3.39. The van der Waals surface area contributed by atoms with Crippen molar-refractivity contribution in [3.05, 3.63) is 72.3 Å². The number of carbonyl (C=O) groups is 2. The molecule has 0 radical (unpaired) electrons. The largest absolute Gasteiger partial charge is 0.451 e. The fourth-order valence-electron chi connectivity index (χ4n) is 3.69. The topological polar surface area (TPSA) is 92.8 Å². The first-order valence-corrected chi connectivity index (χ1v) is 11.3. The molecule has 0 bridgehead atoms. The summed E-state index contributed by atoms with van der Waals surface area (Å²) in [6.07, 6.45) is -1.07. The molecule has 1 aliphatic heterocycles. The van der Waals surface area contributed by atoms with Gasteiger partial charge in [-0.05, 0) is 36.9 Å². The van der Waals surface area contributed by atoms with E-state index in [1.807, 2.05) is 49.4 Å². The number of anilines is 1. The molecule has 160 valence electrons. The van der Waals surface area contributed by atoms with Gasteiger partial charge in [0.2, 0.25) is 0 Å². The molecule has 1 heterocycles. The minimum Gasteiger partial charge on any atom is -0.451 e. The van der Waals surface area contributed by atoms with Gasteiger partial charge in [-0.1, -0.05) is 54.6 Å². The van der Waals surface area contributed by atoms with Crippen LogP contribution in [0.25, 0.3) is 10.8 Å². The molecule has 0 aromatic heterocycles. The smallest absolute Gasteiger partial charge is 0.327 e. The molecule has 1 aliphatic rings. The summed E-state index contributed by atoms with van der Waals surface area (Å²) in [5.74, 6) is -1.26. The van der Waals surface area contributed by atoms with E-state index < -0.39 is 34.5 Å². The lowest BCUT2D eigenvalue weighted by Crippen LogP contribution is -2.40. The Bertz CT molecular complexity index is 1250. The zero-order chi connectivity index (χ0) is 22.2. The minimum atomic E-state index is -3.87. The van der Waals surface area contributed by atoms with Crippen molar-refractivity contribution in [2.24, 2.45) is 0 Å². The Morgan fingerprint density at radius 3 is 2.35 bits per heavy atom. The number of amides is 1. The van der Waals surface area contributed by atoms with Crippen LogP contribution in [0.5, 0.6) is 0 Å². The molecule has 3 aromatic carbocycles. The monoisotopic (exact) mass is 438 g/mol. The van der Waals surface area contributed by atoms with Gasteiger partial charge < -0.3 is 10.1 Å². The van der Waals surface area contributed by atoms with Gasteiger partial charge in [-0.15, -0.1) is 0 Å². The third-order valence-corrected chi connectivity index (χ3v) is 7.09. The van der Waals surface area contributed by atoms with E-state index in [1.165, 1.54) is 13.0 Å². The molecule has 4 rings (SSSR count). The lowest BCUT2D eigenvalue weighted by atomic mass is 10.1. The Labute approximate surface area is 180 Å². The molecule has 7 nitrogen and oxygen atoms in total. The summed E-state index contributed by atoms with van der Waals surface area (Å²) in [4.78, 5) is 25.1. The molecule has 0 saturated carbocycles. The van der Waals surface area contributed by atoms with E-state index in [9.17, 15) is 18.0 Å². The number of nitrogens with one attached hydrogen (secondary N) is 1. The minimum absolute atomic E-state index is 0.163. The SMILES string of the molecule is CC(OC(=O)CN1c2cccc3cccc(c23)S1(=O)=O)C(=O)NC(C)c1ccccc1. The number of esters is 1. The van der Waals surface area contributed by atoms with Gasteiger partial charge in [0.15, 0.2) is 6.10 Å². The van der Waals surface area contributed by atoms with Gasteiger partial charge in [0.05, 0.1) is 16.6 Å². The maximum atomic E-state index is 13.0. The summed E-state index contributed by atoms with van der Waals surface area (Å²) in [5.41, 5.74) is 1.35. The van der Waals surface area contributed by atoms with Crippen LogP contribution in [0.2, 0.25) is 0 Å². The molecule has 3 aromatic rings. The number of benzene rings is 3. The fourth-order valence-corrected chi connectivity index (χ4v) is 5.34. The lowest BCUT2D eigenvalue weighted by molar-refractivity contribution is -0.153. The highest BCUT2D eigenvalue weighted by Gasteiger charge is 2.37. The molecule has 31 heavy (non-hydrogen) atoms. The molecule has 2 atom stereocenters. The van der Waals surface area contributed by atoms with Crippen LogP contribution < -0.4 is 9.62 Å². The third kappa shape index (κ3) is 3.86. The molecule has 1 amide bonds. The maximum absolute atomic E-state index is 13.0. The first-order valence-electron chi connectivity index (χ1n) is 9.88. The second kappa shape index (κ2) is 8.03. The average molecular weight is 439 g/mol. The van der Waals surface area contributed by atoms with Crippen molar-refractivity contribution in [3.8, 4) is 0 Å². The molecule has 0 fully saturated rings. The number of hydrogen-bond donors (Lipinski definition) is 1. The van der Waals surface area contributed by atoms with Gasteiger partial charge in [-0.3, -0.25) is 13.9 Å². The van der Waals surface area contributed by atoms with Crippen molar-refractivity contribution in [1.29, 1.82) is 0 Å². The second-order valence-electron chi connectivity index (χ2n) is 7.42. The summed E-state index contributed by atoms with van der Waals surface area (Å²) >= 11 is 0. The van der Waals surface area contributed by atoms with Crippen molar-refractivity contribution < 1.29 is 22.7 Å². The number of hydrogen-bond acceptors (Lipinski definition) is 5. The average Bonchev–Trinajstić information content (AvgIpc) is 2.97. The van der Waals surface area contributed by atoms with E-state index in [-0.39, 0.29) is 10.9 Å². The van der Waals surface area contributed by atoms with Gasteiger partial charge in [0.25, 0.3) is 15.9 Å². The van der Waals surface area contributed by atoms with Crippen LogP contribution >= 0.6 is 0 Å². The van der Waals surface area contributed by atoms with Crippen LogP contribution in [0.4, 0.5) is 5.69 Å². The van der Waals surface area contributed by atoms with Crippen molar-refractivity contribution in [2.75, 3.05) is 10.8 Å². The zero-order valence-corrected chi connectivity index (χ0v) is 17.9. The highest BCUT2D eigenvalue weighted by atomic mass is 32.2. The van der Waals surface area contributed by atoms with Crippen LogP contribution in [0.15, 0.2) is 71.6 Å². The Morgan fingerprint density at radius 1 is 0.968 bits per heavy atom. The van der Waals surface area contributed by atoms with E-state index in [0.29, 0.717) is 11.1 Å². The predicted molar refractivity (Wildman–Crippen MR) is 117 cm³/mol. The lowest BCUT2D eigenvalue weighted by Gasteiger charge is -2.21. The summed E-state index contributed by atoms with van der Waals surface area (Å²) in [6, 6.07) is 19.4. The Morgan fingerprint density at radius 2 is 1.65 bits per heavy atom. The summed E-state index contributed by atoms with van der Waals surface area (Å²) in [7, 11) is -3.87. The Kier molecular flexibility index (Phi) is 5.41. The van der Waals surface area contributed by atoms with Gasteiger partial charge in [-0.25, -0.2) is 8.42 Å². The van der Waals surface area contributed by atoms with Crippen molar-refractivity contribution in [2.45, 2.75) is 30.9 Å². The van der Waals surface area contributed by atoms with E-state index in [1.54, 1.807) is 18.2 Å². The van der Waals surface area contributed by atoms with Crippen LogP contribution in [-0.4, -0.2) is 32.9 Å². The highest BCUT2D eigenvalue weighted by molar-refractivity contribution is 7.93. The second-order valence-corrected chi connectivity index (χ2v) is 9.25. The van der Waals surface area contributed by atoms with E-state index in [4.69, 9.17) is 4.74 Å². The zero-order valence-electron chi connectivity index (χ0n) is 17.1. The van der Waals surface area contributed by atoms with Crippen molar-refractivity contribution in [1.82, 2.24) is 5.32 Å². The van der Waals surface area contributed by atoms with Crippen LogP contribution in [-0.2, 0) is 24.3 Å². The number of sulfonamides is 1. The van der Waals surface area contributed by atoms with Crippen LogP contribution in [0.3, 0.4) is 0 Å². The van der Waals surface area contributed by atoms with Gasteiger partial charge in [0, 0.05) is 5.39 Å². The first kappa shape index (κ1) is 20.9. The number of rotatable bonds is 6. The Balaban J connectivity index is 1.44. The number of ether oxygens (including phenoxy) is 1. The summed E-state index contributed by atoms with van der Waals surface area (Å²) in [5, 5.41) is 4.15. The van der Waals surface area contributed by atoms with Gasteiger partial charge >= 0.3 is 5.97 Å². The highest BCUT2D eigenvalue weighted by Crippen LogP contribution is 2.41. The molecule has 1 N–H and O–H groups in total. The number of nitrogens with zero attached hydrogens (tertiary/aromatic N) is 1. The quantitative estimate of drug-likeness (QED) is 0.597. The van der Waals surface area contributed by atoms with Gasteiger partial charge in [-0.2, -0.15) is 0 Å². The summed E-state index contributed by atoms with van der Waals surface area (Å²) < 4.78 is 32.2. The first-order chi connectivity index (χ1) is 14.8. The number of carbonyl (C=O) groups excluding carboxylic acids is 2. The van der Waals surface area contributed by atoms with Crippen LogP contribution in [0, 0.1) is 0 Å². The normalized spacial score (nSPS) is 16.0. The fraction of sp³-hybridized carbons (Fsp3) is 0.217. The van der Waals surface area contributed by atoms with E-state index in [2.05, 4.69) is 5.32 Å². The maximum Gasteiger partial charge on any atom is 0.327 e. The van der Waals surface area contributed by atoms with Crippen molar-refractivity contribution in [3.63, 3.8) is 0 Å². The molecule has 0 spiro atoms. The summed E-state index contributed by atoms with van der Waals surface area (Å²) in [6.45, 7) is 2.78. The molecular weight excluding hydrogens is 416 g/mol. The molecule has 0 saturated heterocycles. The molecule has 0 aliphatic carbocycles. The standard InChI is InChI=1S/C23H22N2O5S/c1-15(17-8-4-3-5-9-17)24-23(27)16(2)30-21(26)14-25-19-12-6-10-18-11-7-13-20(22(18)19)31(25,28)29/h3-13,15-16H,14H2,1-2H3,(H,24,27). The molecule has 8 heteroatoms. The van der Waals surface area contributed by atoms with E-state index >= 15 is 0 Å². The third-order valence-electron chi connectivity index (χ3n) is 5.29. The van der Waals surface area contributed by atoms with E-state index in [0.717, 1.165) is 15.3 Å². The van der Waals surface area contributed by atoms with Crippen LogP contribution in [0.1, 0.15) is 25.5 Å². The molecular formula is C23H22N2O5S. The van der Waals surface area contributed by atoms with Crippen molar-refractivity contribution >= 4 is 38.4 Å². The van der Waals surface area contributed by atoms with Gasteiger partial charge in [0.1, 0.15) is 6.54 Å². The predicted octanol–water partition coefficient (Wildman–Crippen LogP) is 3.16. The molecule has 2 unspecified atom stereocenters.